The molecule has 0 atom stereocenters. The molecule has 0 radical (unpaired) electrons. The monoisotopic (exact) mass is 350 g/mol. The number of carbonyl (C=O) groups excluding carboxylic acids is 1. The zero-order chi connectivity index (χ0) is 18.1. The summed E-state index contributed by atoms with van der Waals surface area (Å²) in [5, 5.41) is 3.81. The van der Waals surface area contributed by atoms with Crippen molar-refractivity contribution in [3.8, 4) is 0 Å². The molecule has 6 heteroatoms. The van der Waals surface area contributed by atoms with Crippen LogP contribution in [0.5, 0.6) is 0 Å². The van der Waals surface area contributed by atoms with Crippen molar-refractivity contribution in [2.45, 2.75) is 18.9 Å². The highest BCUT2D eigenvalue weighted by molar-refractivity contribution is 6.06. The molecule has 1 fully saturated rings. The SMILES string of the molecule is Cn1cc(C(=O)NC2CCN(c3ccccc3)CC2)c2cc[nH]c2c1=O. The first kappa shape index (κ1) is 16.4. The van der Waals surface area contributed by atoms with Crippen molar-refractivity contribution < 1.29 is 4.79 Å². The number of rotatable bonds is 3. The van der Waals surface area contributed by atoms with Crippen molar-refractivity contribution in [1.82, 2.24) is 14.9 Å². The fraction of sp³-hybridized carbons (Fsp3) is 0.300. The number of aryl methyl sites for hydroxylation is 1. The quantitative estimate of drug-likeness (QED) is 0.761. The van der Waals surface area contributed by atoms with Crippen molar-refractivity contribution in [2.24, 2.45) is 7.05 Å². The van der Waals surface area contributed by atoms with E-state index in [9.17, 15) is 9.59 Å². The second kappa shape index (κ2) is 6.71. The molecule has 0 saturated carbocycles. The van der Waals surface area contributed by atoms with Gasteiger partial charge < -0.3 is 19.8 Å². The summed E-state index contributed by atoms with van der Waals surface area (Å²) in [5.74, 6) is -0.122. The highest BCUT2D eigenvalue weighted by Crippen LogP contribution is 2.20. The van der Waals surface area contributed by atoms with Crippen molar-refractivity contribution in [3.05, 3.63) is 64.7 Å². The van der Waals surface area contributed by atoms with E-state index in [0.29, 0.717) is 16.5 Å². The lowest BCUT2D eigenvalue weighted by atomic mass is 10.0. The Balaban J connectivity index is 1.46. The average Bonchev–Trinajstić information content (AvgIpc) is 3.16. The topological polar surface area (TPSA) is 70.1 Å². The summed E-state index contributed by atoms with van der Waals surface area (Å²) in [6.07, 6.45) is 5.12. The standard InChI is InChI=1S/C20H22N4O2/c1-23-13-17(16-7-10-21-18(16)20(23)26)19(25)22-14-8-11-24(12-9-14)15-5-3-2-4-6-15/h2-7,10,13-14,21H,8-9,11-12H2,1H3,(H,22,25). The van der Waals surface area contributed by atoms with Crippen LogP contribution in [0.25, 0.3) is 10.9 Å². The van der Waals surface area contributed by atoms with Gasteiger partial charge in [0.05, 0.1) is 5.56 Å². The number of carbonyl (C=O) groups is 1. The van der Waals surface area contributed by atoms with Gasteiger partial charge in [-0.25, -0.2) is 0 Å². The minimum atomic E-state index is -0.127. The Labute approximate surface area is 151 Å². The van der Waals surface area contributed by atoms with Crippen molar-refractivity contribution >= 4 is 22.5 Å². The van der Waals surface area contributed by atoms with Gasteiger partial charge >= 0.3 is 0 Å². The van der Waals surface area contributed by atoms with Gasteiger partial charge in [-0.2, -0.15) is 0 Å². The van der Waals surface area contributed by atoms with Gasteiger partial charge in [-0.1, -0.05) is 18.2 Å². The molecule has 1 aromatic carbocycles. The van der Waals surface area contributed by atoms with E-state index in [-0.39, 0.29) is 17.5 Å². The largest absolute Gasteiger partial charge is 0.371 e. The number of aromatic amines is 1. The van der Waals surface area contributed by atoms with Crippen LogP contribution in [0.2, 0.25) is 0 Å². The zero-order valence-corrected chi connectivity index (χ0v) is 14.7. The zero-order valence-electron chi connectivity index (χ0n) is 14.7. The Kier molecular flexibility index (Phi) is 4.24. The summed E-state index contributed by atoms with van der Waals surface area (Å²) in [5.41, 5.74) is 2.11. The molecule has 1 aliphatic heterocycles. The lowest BCUT2D eigenvalue weighted by molar-refractivity contribution is 0.0932. The Morgan fingerprint density at radius 1 is 1.15 bits per heavy atom. The summed E-state index contributed by atoms with van der Waals surface area (Å²) < 4.78 is 1.45. The Bertz CT molecular complexity index is 982. The number of aromatic nitrogens is 2. The van der Waals surface area contributed by atoms with Gasteiger partial charge in [0.2, 0.25) is 0 Å². The van der Waals surface area contributed by atoms with Crippen LogP contribution >= 0.6 is 0 Å². The van der Waals surface area contributed by atoms with E-state index in [4.69, 9.17) is 0 Å². The van der Waals surface area contributed by atoms with Crippen LogP contribution in [0, 0.1) is 0 Å². The van der Waals surface area contributed by atoms with Gasteiger partial charge in [-0.05, 0) is 31.0 Å². The number of anilines is 1. The van der Waals surface area contributed by atoms with Crippen LogP contribution in [-0.2, 0) is 7.05 Å². The third-order valence-corrected chi connectivity index (χ3v) is 5.09. The summed E-state index contributed by atoms with van der Waals surface area (Å²) in [6, 6.07) is 12.3. The lowest BCUT2D eigenvalue weighted by Crippen LogP contribution is -2.45. The third kappa shape index (κ3) is 2.98. The van der Waals surface area contributed by atoms with Crippen molar-refractivity contribution in [2.75, 3.05) is 18.0 Å². The minimum Gasteiger partial charge on any atom is -0.371 e. The number of pyridine rings is 1. The predicted molar refractivity (Wildman–Crippen MR) is 103 cm³/mol. The molecule has 2 N–H and O–H groups in total. The number of hydrogen-bond acceptors (Lipinski definition) is 3. The number of H-pyrrole nitrogens is 1. The molecule has 3 heterocycles. The molecular weight excluding hydrogens is 328 g/mol. The molecular formula is C20H22N4O2. The second-order valence-electron chi connectivity index (χ2n) is 6.80. The summed E-state index contributed by atoms with van der Waals surface area (Å²) in [6.45, 7) is 1.84. The molecule has 26 heavy (non-hydrogen) atoms. The number of piperidine rings is 1. The van der Waals surface area contributed by atoms with Gasteiger partial charge in [0.1, 0.15) is 5.52 Å². The van der Waals surface area contributed by atoms with Crippen LogP contribution in [0.3, 0.4) is 0 Å². The Hall–Kier alpha value is -3.02. The molecule has 0 bridgehead atoms. The molecule has 2 aromatic heterocycles. The van der Waals surface area contributed by atoms with Crippen LogP contribution in [0.1, 0.15) is 23.2 Å². The second-order valence-corrected chi connectivity index (χ2v) is 6.80. The first-order chi connectivity index (χ1) is 12.6. The fourth-order valence-electron chi connectivity index (χ4n) is 3.63. The maximum Gasteiger partial charge on any atom is 0.274 e. The maximum absolute atomic E-state index is 12.8. The van der Waals surface area contributed by atoms with Crippen LogP contribution in [0.15, 0.2) is 53.6 Å². The molecule has 0 aliphatic carbocycles. The molecule has 0 unspecified atom stereocenters. The number of para-hydroxylation sites is 1. The Morgan fingerprint density at radius 2 is 1.88 bits per heavy atom. The molecule has 1 aliphatic rings. The highest BCUT2D eigenvalue weighted by Gasteiger charge is 2.23. The van der Waals surface area contributed by atoms with Crippen molar-refractivity contribution in [1.29, 1.82) is 0 Å². The van der Waals surface area contributed by atoms with E-state index in [0.717, 1.165) is 25.9 Å². The molecule has 4 rings (SSSR count). The molecule has 1 saturated heterocycles. The van der Waals surface area contributed by atoms with Gasteiger partial charge in [0.25, 0.3) is 11.5 Å². The molecule has 3 aromatic rings. The first-order valence-electron chi connectivity index (χ1n) is 8.91. The summed E-state index contributed by atoms with van der Waals surface area (Å²) in [4.78, 5) is 30.2. The van der Waals surface area contributed by atoms with E-state index < -0.39 is 0 Å². The van der Waals surface area contributed by atoms with Gasteiger partial charge in [-0.3, -0.25) is 9.59 Å². The first-order valence-corrected chi connectivity index (χ1v) is 8.91. The van der Waals surface area contributed by atoms with Crippen LogP contribution < -0.4 is 15.8 Å². The van der Waals surface area contributed by atoms with E-state index in [1.807, 2.05) is 18.2 Å². The van der Waals surface area contributed by atoms with Crippen molar-refractivity contribution in [3.63, 3.8) is 0 Å². The average molecular weight is 350 g/mol. The summed E-state index contributed by atoms with van der Waals surface area (Å²) in [7, 11) is 1.66. The smallest absolute Gasteiger partial charge is 0.274 e. The predicted octanol–water partition coefficient (Wildman–Crippen LogP) is 2.27. The highest BCUT2D eigenvalue weighted by atomic mass is 16.2. The van der Waals surface area contributed by atoms with E-state index >= 15 is 0 Å². The maximum atomic E-state index is 12.8. The lowest BCUT2D eigenvalue weighted by Gasteiger charge is -2.34. The molecule has 134 valence electrons. The van der Waals surface area contributed by atoms with Gasteiger partial charge in [0.15, 0.2) is 0 Å². The van der Waals surface area contributed by atoms with E-state index in [1.54, 1.807) is 25.5 Å². The Morgan fingerprint density at radius 3 is 2.62 bits per heavy atom. The van der Waals surface area contributed by atoms with E-state index in [2.05, 4.69) is 27.3 Å². The number of amides is 1. The number of nitrogens with zero attached hydrogens (tertiary/aromatic N) is 2. The number of benzene rings is 1. The normalized spacial score (nSPS) is 15.3. The fourth-order valence-corrected chi connectivity index (χ4v) is 3.63. The number of nitrogens with one attached hydrogen (secondary N) is 2. The number of hydrogen-bond donors (Lipinski definition) is 2. The summed E-state index contributed by atoms with van der Waals surface area (Å²) >= 11 is 0. The minimum absolute atomic E-state index is 0.122. The molecule has 6 nitrogen and oxygen atoms in total. The van der Waals surface area contributed by atoms with Crippen LogP contribution in [-0.4, -0.2) is 34.6 Å². The third-order valence-electron chi connectivity index (χ3n) is 5.09. The molecule has 0 spiro atoms. The van der Waals surface area contributed by atoms with Gasteiger partial charge in [-0.15, -0.1) is 0 Å². The van der Waals surface area contributed by atoms with E-state index in [1.165, 1.54) is 10.3 Å². The van der Waals surface area contributed by atoms with Crippen LogP contribution in [0.4, 0.5) is 5.69 Å². The molecule has 1 amide bonds. The number of fused-ring (bicyclic) bond motifs is 1. The van der Waals surface area contributed by atoms with Gasteiger partial charge in [0, 0.05) is 49.6 Å².